The van der Waals surface area contributed by atoms with Crippen molar-refractivity contribution in [3.8, 4) is 0 Å². The number of benzene rings is 2. The average Bonchev–Trinajstić information content (AvgIpc) is 2.41. The van der Waals surface area contributed by atoms with Crippen LogP contribution in [0.5, 0.6) is 0 Å². The molecule has 21 heavy (non-hydrogen) atoms. The van der Waals surface area contributed by atoms with Gasteiger partial charge in [-0.3, -0.25) is 14.5 Å². The zero-order valence-corrected chi connectivity index (χ0v) is 13.2. The monoisotopic (exact) mass is 299 g/mol. The van der Waals surface area contributed by atoms with Gasteiger partial charge >= 0.3 is 0 Å². The molecule has 0 fully saturated rings. The van der Waals surface area contributed by atoms with Gasteiger partial charge in [-0.15, -0.1) is 12.6 Å². The van der Waals surface area contributed by atoms with Crippen LogP contribution in [0.1, 0.15) is 41.5 Å². The molecule has 4 heteroatoms. The topological polar surface area (TPSA) is 37.4 Å². The molecule has 0 N–H and O–H groups in total. The van der Waals surface area contributed by atoms with Crippen LogP contribution in [0.3, 0.4) is 0 Å². The Morgan fingerprint density at radius 2 is 1.62 bits per heavy atom. The summed E-state index contributed by atoms with van der Waals surface area (Å²) in [7, 11) is 0. The van der Waals surface area contributed by atoms with Crippen molar-refractivity contribution in [1.29, 1.82) is 0 Å². The second-order valence-corrected chi connectivity index (χ2v) is 7.10. The maximum atomic E-state index is 12.7. The molecule has 2 aromatic carbocycles. The molecule has 1 aliphatic rings. The number of amides is 2. The minimum Gasteiger partial charge on any atom is -0.274 e. The van der Waals surface area contributed by atoms with Crippen molar-refractivity contribution in [1.82, 2.24) is 4.90 Å². The van der Waals surface area contributed by atoms with Crippen molar-refractivity contribution in [2.45, 2.75) is 25.7 Å². The molecule has 2 aromatic rings. The summed E-state index contributed by atoms with van der Waals surface area (Å²) in [5.74, 6) is -0.432. The van der Waals surface area contributed by atoms with Crippen LogP contribution < -0.4 is 0 Å². The fourth-order valence-corrected chi connectivity index (χ4v) is 3.01. The Labute approximate surface area is 129 Å². The Morgan fingerprint density at radius 3 is 2.24 bits per heavy atom. The molecular weight excluding hydrogens is 282 g/mol. The zero-order chi connectivity index (χ0) is 15.4. The maximum absolute atomic E-state index is 12.7. The van der Waals surface area contributed by atoms with E-state index in [9.17, 15) is 9.59 Å². The molecular formula is C17H17NO2S. The third kappa shape index (κ3) is 2.23. The van der Waals surface area contributed by atoms with Gasteiger partial charge < -0.3 is 0 Å². The van der Waals surface area contributed by atoms with Crippen molar-refractivity contribution in [2.24, 2.45) is 5.41 Å². The normalized spacial score (nSPS) is 15.0. The summed E-state index contributed by atoms with van der Waals surface area (Å²) in [6.07, 6.45) is 0. The molecule has 0 radical (unpaired) electrons. The zero-order valence-electron chi connectivity index (χ0n) is 12.3. The van der Waals surface area contributed by atoms with Crippen molar-refractivity contribution in [3.05, 3.63) is 41.5 Å². The maximum Gasteiger partial charge on any atom is 0.261 e. The van der Waals surface area contributed by atoms with Crippen molar-refractivity contribution in [2.75, 3.05) is 6.54 Å². The summed E-state index contributed by atoms with van der Waals surface area (Å²) in [6, 6.07) is 9.09. The number of hydrogen-bond acceptors (Lipinski definition) is 3. The van der Waals surface area contributed by atoms with Crippen LogP contribution in [0.25, 0.3) is 10.8 Å². The Bertz CT molecular complexity index is 752. The summed E-state index contributed by atoms with van der Waals surface area (Å²) in [4.78, 5) is 27.5. The van der Waals surface area contributed by atoms with E-state index < -0.39 is 0 Å². The van der Waals surface area contributed by atoms with Crippen LogP contribution in [-0.4, -0.2) is 23.3 Å². The van der Waals surface area contributed by atoms with Gasteiger partial charge in [-0.1, -0.05) is 32.9 Å². The first-order valence-electron chi connectivity index (χ1n) is 6.90. The molecule has 108 valence electrons. The second-order valence-electron chi connectivity index (χ2n) is 6.62. The summed E-state index contributed by atoms with van der Waals surface area (Å²) in [5.41, 5.74) is 1.03. The smallest absolute Gasteiger partial charge is 0.261 e. The number of hydrogen-bond donors (Lipinski definition) is 1. The van der Waals surface area contributed by atoms with Gasteiger partial charge in [0.05, 0.1) is 0 Å². The fraction of sp³-hybridized carbons (Fsp3) is 0.294. The van der Waals surface area contributed by atoms with Gasteiger partial charge in [-0.05, 0) is 29.0 Å². The third-order valence-electron chi connectivity index (χ3n) is 3.60. The molecule has 0 aliphatic carbocycles. The van der Waals surface area contributed by atoms with E-state index in [1.54, 1.807) is 12.1 Å². The SMILES string of the molecule is CC(C)(C)CN1C(=O)c2cccc3c(S)ccc(c23)C1=O. The first-order valence-corrected chi connectivity index (χ1v) is 7.35. The van der Waals surface area contributed by atoms with Gasteiger partial charge in [-0.25, -0.2) is 0 Å². The molecule has 3 nitrogen and oxygen atoms in total. The largest absolute Gasteiger partial charge is 0.274 e. The van der Waals surface area contributed by atoms with E-state index >= 15 is 0 Å². The van der Waals surface area contributed by atoms with E-state index in [0.717, 1.165) is 15.7 Å². The molecule has 0 unspecified atom stereocenters. The van der Waals surface area contributed by atoms with Crippen LogP contribution in [0.2, 0.25) is 0 Å². The molecule has 0 saturated carbocycles. The van der Waals surface area contributed by atoms with Crippen LogP contribution in [-0.2, 0) is 0 Å². The second kappa shape index (κ2) is 4.60. The van der Waals surface area contributed by atoms with Gasteiger partial charge in [0.15, 0.2) is 0 Å². The summed E-state index contributed by atoms with van der Waals surface area (Å²) < 4.78 is 0. The molecule has 0 aromatic heterocycles. The molecule has 0 saturated heterocycles. The number of rotatable bonds is 1. The predicted octanol–water partition coefficient (Wildman–Crippen LogP) is 3.77. The highest BCUT2D eigenvalue weighted by Crippen LogP contribution is 2.34. The van der Waals surface area contributed by atoms with E-state index in [1.165, 1.54) is 4.90 Å². The van der Waals surface area contributed by atoms with Gasteiger partial charge in [0.25, 0.3) is 11.8 Å². The molecule has 0 spiro atoms. The first kappa shape index (κ1) is 14.1. The minimum atomic E-state index is -0.216. The number of nitrogens with zero attached hydrogens (tertiary/aromatic N) is 1. The summed E-state index contributed by atoms with van der Waals surface area (Å²) in [6.45, 7) is 6.45. The van der Waals surface area contributed by atoms with E-state index in [-0.39, 0.29) is 17.2 Å². The van der Waals surface area contributed by atoms with Crippen molar-refractivity contribution in [3.63, 3.8) is 0 Å². The van der Waals surface area contributed by atoms with Crippen LogP contribution in [0.15, 0.2) is 35.2 Å². The lowest BCUT2D eigenvalue weighted by molar-refractivity contribution is 0.0555. The number of thiol groups is 1. The Morgan fingerprint density at radius 1 is 1.00 bits per heavy atom. The number of carbonyl (C=O) groups is 2. The lowest BCUT2D eigenvalue weighted by Gasteiger charge is -2.32. The van der Waals surface area contributed by atoms with E-state index in [1.807, 2.05) is 39.0 Å². The minimum absolute atomic E-state index is 0.139. The van der Waals surface area contributed by atoms with E-state index in [2.05, 4.69) is 12.6 Å². The Kier molecular flexibility index (Phi) is 3.10. The van der Waals surface area contributed by atoms with Gasteiger partial charge in [0.2, 0.25) is 0 Å². The Balaban J connectivity index is 2.25. The average molecular weight is 299 g/mol. The highest BCUT2D eigenvalue weighted by molar-refractivity contribution is 7.80. The fourth-order valence-electron chi connectivity index (χ4n) is 2.75. The lowest BCUT2D eigenvalue weighted by Crippen LogP contribution is -2.44. The van der Waals surface area contributed by atoms with Gasteiger partial charge in [-0.2, -0.15) is 0 Å². The van der Waals surface area contributed by atoms with Crippen LogP contribution in [0, 0.1) is 5.41 Å². The molecule has 1 aliphatic heterocycles. The van der Waals surface area contributed by atoms with Crippen LogP contribution in [0.4, 0.5) is 0 Å². The molecule has 1 heterocycles. The Hall–Kier alpha value is -1.81. The quantitative estimate of drug-likeness (QED) is 0.643. The molecule has 2 amide bonds. The van der Waals surface area contributed by atoms with E-state index in [0.29, 0.717) is 17.7 Å². The highest BCUT2D eigenvalue weighted by atomic mass is 32.1. The molecule has 0 bridgehead atoms. The summed E-state index contributed by atoms with van der Waals surface area (Å²) in [5, 5.41) is 1.58. The first-order chi connectivity index (χ1) is 9.79. The lowest BCUT2D eigenvalue weighted by atomic mass is 9.90. The standard InChI is InChI=1S/C17H17NO2S/c1-17(2,3)9-18-15(19)11-6-4-5-10-13(21)8-7-12(14(10)11)16(18)20/h4-8,21H,9H2,1-3H3. The third-order valence-corrected chi connectivity index (χ3v) is 3.99. The van der Waals surface area contributed by atoms with Gasteiger partial charge in [0.1, 0.15) is 0 Å². The summed E-state index contributed by atoms with van der Waals surface area (Å²) >= 11 is 4.42. The molecule has 3 rings (SSSR count). The highest BCUT2D eigenvalue weighted by Gasteiger charge is 2.35. The van der Waals surface area contributed by atoms with Crippen molar-refractivity contribution >= 4 is 35.2 Å². The predicted molar refractivity (Wildman–Crippen MR) is 86.0 cm³/mol. The van der Waals surface area contributed by atoms with Crippen LogP contribution >= 0.6 is 12.6 Å². The number of imide groups is 1. The van der Waals surface area contributed by atoms with Crippen molar-refractivity contribution < 1.29 is 9.59 Å². The number of carbonyl (C=O) groups excluding carboxylic acids is 2. The van der Waals surface area contributed by atoms with Gasteiger partial charge in [0, 0.05) is 28.0 Å². The molecule has 0 atom stereocenters. The van der Waals surface area contributed by atoms with E-state index in [4.69, 9.17) is 0 Å².